The van der Waals surface area contributed by atoms with E-state index in [-0.39, 0.29) is 31.0 Å². The predicted molar refractivity (Wildman–Crippen MR) is 150 cm³/mol. The maximum atomic E-state index is 13.6. The van der Waals surface area contributed by atoms with E-state index in [0.717, 1.165) is 5.56 Å². The highest BCUT2D eigenvalue weighted by Crippen LogP contribution is 2.25. The van der Waals surface area contributed by atoms with E-state index >= 15 is 0 Å². The van der Waals surface area contributed by atoms with Crippen LogP contribution in [-0.4, -0.2) is 35.4 Å². The highest BCUT2D eigenvalue weighted by molar-refractivity contribution is 6.35. The number of rotatable bonds is 11. The van der Waals surface area contributed by atoms with Crippen LogP contribution in [0.25, 0.3) is 0 Å². The van der Waals surface area contributed by atoms with Crippen molar-refractivity contribution in [3.63, 3.8) is 0 Å². The number of hydrogen-bond donors (Lipinski definition) is 1. The summed E-state index contributed by atoms with van der Waals surface area (Å²) in [5, 5.41) is 3.90. The van der Waals surface area contributed by atoms with E-state index in [1.807, 2.05) is 68.4 Å². The van der Waals surface area contributed by atoms with Gasteiger partial charge in [0.25, 0.3) is 5.91 Å². The topological polar surface area (TPSA) is 58.6 Å². The Morgan fingerprint density at radius 3 is 2.19 bits per heavy atom. The zero-order valence-electron chi connectivity index (χ0n) is 21.7. The molecule has 37 heavy (non-hydrogen) atoms. The SMILES string of the molecule is CC(C)NC(=O)C(Cc1ccccc1)N(Cc1ccc(Cl)cc1Cl)C(=O)COc1ccc(C(C)C)cc1. The van der Waals surface area contributed by atoms with Crippen molar-refractivity contribution in [3.8, 4) is 5.75 Å². The Morgan fingerprint density at radius 2 is 1.59 bits per heavy atom. The molecule has 0 saturated heterocycles. The molecule has 1 atom stereocenters. The van der Waals surface area contributed by atoms with E-state index in [1.54, 1.807) is 23.1 Å². The van der Waals surface area contributed by atoms with Gasteiger partial charge in [-0.2, -0.15) is 0 Å². The second kappa shape index (κ2) is 13.5. The van der Waals surface area contributed by atoms with Crippen LogP contribution in [0.1, 0.15) is 50.3 Å². The molecule has 3 aromatic carbocycles. The molecule has 196 valence electrons. The molecular weight excluding hydrogens is 507 g/mol. The Balaban J connectivity index is 1.91. The van der Waals surface area contributed by atoms with Crippen molar-refractivity contribution in [2.24, 2.45) is 0 Å². The monoisotopic (exact) mass is 540 g/mol. The molecule has 1 unspecified atom stereocenters. The van der Waals surface area contributed by atoms with Crippen LogP contribution in [0.5, 0.6) is 5.75 Å². The first-order chi connectivity index (χ1) is 17.6. The van der Waals surface area contributed by atoms with Crippen LogP contribution in [0.2, 0.25) is 10.0 Å². The molecule has 0 aliphatic heterocycles. The third-order valence-corrected chi connectivity index (χ3v) is 6.55. The number of nitrogens with one attached hydrogen (secondary N) is 1. The van der Waals surface area contributed by atoms with Crippen molar-refractivity contribution < 1.29 is 14.3 Å². The maximum Gasteiger partial charge on any atom is 0.261 e. The minimum absolute atomic E-state index is 0.0856. The van der Waals surface area contributed by atoms with Crippen LogP contribution in [0.15, 0.2) is 72.8 Å². The maximum absolute atomic E-state index is 13.6. The van der Waals surface area contributed by atoms with E-state index < -0.39 is 6.04 Å². The highest BCUT2D eigenvalue weighted by Gasteiger charge is 2.31. The number of benzene rings is 3. The van der Waals surface area contributed by atoms with Gasteiger partial charge in [0.05, 0.1) is 0 Å². The van der Waals surface area contributed by atoms with Gasteiger partial charge in [0.2, 0.25) is 5.91 Å². The molecule has 7 heteroatoms. The standard InChI is InChI=1S/C30H34Cl2N2O3/c1-20(2)23-11-14-26(15-12-23)37-19-29(35)34(18-24-10-13-25(31)17-27(24)32)28(30(36)33-21(3)4)16-22-8-6-5-7-9-22/h5-15,17,20-21,28H,16,18-19H2,1-4H3,(H,33,36). The zero-order chi connectivity index (χ0) is 26.9. The van der Waals surface area contributed by atoms with Gasteiger partial charge < -0.3 is 15.0 Å². The van der Waals surface area contributed by atoms with Crippen molar-refractivity contribution >= 4 is 35.0 Å². The summed E-state index contributed by atoms with van der Waals surface area (Å²) in [4.78, 5) is 28.6. The molecular formula is C30H34Cl2N2O3. The quantitative estimate of drug-likeness (QED) is 0.295. The zero-order valence-corrected chi connectivity index (χ0v) is 23.2. The lowest BCUT2D eigenvalue weighted by Gasteiger charge is -2.32. The number of amides is 2. The lowest BCUT2D eigenvalue weighted by atomic mass is 10.0. The molecule has 0 saturated carbocycles. The number of hydrogen-bond acceptors (Lipinski definition) is 3. The van der Waals surface area contributed by atoms with E-state index in [2.05, 4.69) is 19.2 Å². The number of nitrogens with zero attached hydrogens (tertiary/aromatic N) is 1. The van der Waals surface area contributed by atoms with Gasteiger partial charge in [0.1, 0.15) is 11.8 Å². The summed E-state index contributed by atoms with van der Waals surface area (Å²) >= 11 is 12.6. The third kappa shape index (κ3) is 8.51. The second-order valence-corrected chi connectivity index (χ2v) is 10.5. The molecule has 2 amide bonds. The lowest BCUT2D eigenvalue weighted by molar-refractivity contribution is -0.143. The average Bonchev–Trinajstić information content (AvgIpc) is 2.86. The largest absolute Gasteiger partial charge is 0.484 e. The highest BCUT2D eigenvalue weighted by atomic mass is 35.5. The van der Waals surface area contributed by atoms with Gasteiger partial charge in [-0.15, -0.1) is 0 Å². The Hall–Kier alpha value is -3.02. The van der Waals surface area contributed by atoms with Crippen LogP contribution in [0, 0.1) is 0 Å². The Labute approximate surface area is 229 Å². The van der Waals surface area contributed by atoms with Crippen molar-refractivity contribution in [1.82, 2.24) is 10.2 Å². The Morgan fingerprint density at radius 1 is 0.919 bits per heavy atom. The van der Waals surface area contributed by atoms with Gasteiger partial charge in [0.15, 0.2) is 6.61 Å². The molecule has 0 spiro atoms. The fourth-order valence-electron chi connectivity index (χ4n) is 3.95. The Kier molecular flexibility index (Phi) is 10.4. The van der Waals surface area contributed by atoms with Gasteiger partial charge in [-0.3, -0.25) is 9.59 Å². The van der Waals surface area contributed by atoms with Crippen LogP contribution in [0.4, 0.5) is 0 Å². The van der Waals surface area contributed by atoms with E-state index in [0.29, 0.717) is 33.7 Å². The fourth-order valence-corrected chi connectivity index (χ4v) is 4.41. The molecule has 0 aliphatic rings. The van der Waals surface area contributed by atoms with Gasteiger partial charge in [0, 0.05) is 29.1 Å². The lowest BCUT2D eigenvalue weighted by Crippen LogP contribution is -2.52. The molecule has 0 aliphatic carbocycles. The molecule has 3 aromatic rings. The normalized spacial score (nSPS) is 11.9. The Bertz CT molecular complexity index is 1180. The minimum Gasteiger partial charge on any atom is -0.484 e. The van der Waals surface area contributed by atoms with Crippen LogP contribution in [0.3, 0.4) is 0 Å². The summed E-state index contributed by atoms with van der Waals surface area (Å²) in [6, 6.07) is 21.6. The van der Waals surface area contributed by atoms with Gasteiger partial charge >= 0.3 is 0 Å². The van der Waals surface area contributed by atoms with Gasteiger partial charge in [-0.05, 0) is 60.7 Å². The molecule has 5 nitrogen and oxygen atoms in total. The second-order valence-electron chi connectivity index (χ2n) is 9.64. The summed E-state index contributed by atoms with van der Waals surface area (Å²) in [6.45, 7) is 7.94. The molecule has 0 heterocycles. The number of halogens is 2. The molecule has 0 radical (unpaired) electrons. The summed E-state index contributed by atoms with van der Waals surface area (Å²) < 4.78 is 5.85. The van der Waals surface area contributed by atoms with Crippen molar-refractivity contribution in [2.45, 2.75) is 58.7 Å². The molecule has 0 aromatic heterocycles. The first-order valence-electron chi connectivity index (χ1n) is 12.4. The first kappa shape index (κ1) is 28.5. The van der Waals surface area contributed by atoms with Gasteiger partial charge in [-0.25, -0.2) is 0 Å². The third-order valence-electron chi connectivity index (χ3n) is 5.97. The molecule has 3 rings (SSSR count). The van der Waals surface area contributed by atoms with E-state index in [1.165, 1.54) is 5.56 Å². The van der Waals surface area contributed by atoms with Crippen LogP contribution < -0.4 is 10.1 Å². The van der Waals surface area contributed by atoms with Crippen LogP contribution in [-0.2, 0) is 22.6 Å². The van der Waals surface area contributed by atoms with Crippen molar-refractivity contribution in [3.05, 3.63) is 99.5 Å². The van der Waals surface area contributed by atoms with E-state index in [9.17, 15) is 9.59 Å². The molecule has 1 N–H and O–H groups in total. The van der Waals surface area contributed by atoms with Crippen molar-refractivity contribution in [2.75, 3.05) is 6.61 Å². The smallest absolute Gasteiger partial charge is 0.261 e. The summed E-state index contributed by atoms with van der Waals surface area (Å²) in [7, 11) is 0. The van der Waals surface area contributed by atoms with Gasteiger partial charge in [-0.1, -0.05) is 85.6 Å². The summed E-state index contributed by atoms with van der Waals surface area (Å²) in [5.74, 6) is 0.430. The van der Waals surface area contributed by atoms with E-state index in [4.69, 9.17) is 27.9 Å². The van der Waals surface area contributed by atoms with Crippen LogP contribution >= 0.6 is 23.2 Å². The number of ether oxygens (including phenoxy) is 1. The molecule has 0 bridgehead atoms. The fraction of sp³-hybridized carbons (Fsp3) is 0.333. The first-order valence-corrected chi connectivity index (χ1v) is 13.2. The summed E-state index contributed by atoms with van der Waals surface area (Å²) in [6.07, 6.45) is 0.347. The number of carbonyl (C=O) groups is 2. The molecule has 0 fully saturated rings. The number of carbonyl (C=O) groups excluding carboxylic acids is 2. The average molecular weight is 542 g/mol. The van der Waals surface area contributed by atoms with Crippen molar-refractivity contribution in [1.29, 1.82) is 0 Å². The summed E-state index contributed by atoms with van der Waals surface area (Å²) in [5.41, 5.74) is 2.82. The minimum atomic E-state index is -0.768. The predicted octanol–water partition coefficient (Wildman–Crippen LogP) is 6.66.